The van der Waals surface area contributed by atoms with Crippen LogP contribution in [0, 0.1) is 17.2 Å². The molecule has 0 saturated heterocycles. The Labute approximate surface area is 148 Å². The largest absolute Gasteiger partial charge is 0.469 e. The van der Waals surface area contributed by atoms with Gasteiger partial charge in [-0.05, 0) is 55.2 Å². The average Bonchev–Trinajstić information content (AvgIpc) is 2.69. The molecule has 0 spiro atoms. The van der Waals surface area contributed by atoms with E-state index in [1.807, 2.05) is 6.07 Å². The summed E-state index contributed by atoms with van der Waals surface area (Å²) in [5.41, 5.74) is 3.87. The van der Waals surface area contributed by atoms with Gasteiger partial charge < -0.3 is 4.74 Å². The highest BCUT2D eigenvalue weighted by Gasteiger charge is 2.24. The summed E-state index contributed by atoms with van der Waals surface area (Å²) in [5.74, 6) is 0.936. The first-order valence-corrected chi connectivity index (χ1v) is 8.73. The minimum absolute atomic E-state index is 0.0947. The lowest BCUT2D eigenvalue weighted by Gasteiger charge is -2.28. The Morgan fingerprint density at radius 1 is 1.16 bits per heavy atom. The molecule has 3 rings (SSSR count). The van der Waals surface area contributed by atoms with Crippen LogP contribution in [0.5, 0.6) is 0 Å². The van der Waals surface area contributed by atoms with Crippen molar-refractivity contribution in [1.29, 1.82) is 5.26 Å². The zero-order chi connectivity index (χ0) is 17.6. The highest BCUT2D eigenvalue weighted by Crippen LogP contribution is 2.37. The molecule has 128 valence electrons. The molecule has 1 heterocycles. The number of methoxy groups -OCH3 is 1. The summed E-state index contributed by atoms with van der Waals surface area (Å²) in [6.07, 6.45) is 6.56. The third kappa shape index (κ3) is 4.24. The number of hydrogen-bond donors (Lipinski definition) is 0. The van der Waals surface area contributed by atoms with E-state index >= 15 is 0 Å². The van der Waals surface area contributed by atoms with Crippen LogP contribution < -0.4 is 0 Å². The summed E-state index contributed by atoms with van der Waals surface area (Å²) >= 11 is 0. The number of aromatic nitrogens is 1. The van der Waals surface area contributed by atoms with E-state index in [0.29, 0.717) is 23.8 Å². The molecule has 1 aliphatic rings. The van der Waals surface area contributed by atoms with Crippen molar-refractivity contribution in [2.75, 3.05) is 7.11 Å². The Morgan fingerprint density at radius 2 is 1.88 bits per heavy atom. The van der Waals surface area contributed by atoms with Gasteiger partial charge >= 0.3 is 5.97 Å². The van der Waals surface area contributed by atoms with Gasteiger partial charge in [0.25, 0.3) is 0 Å². The molecule has 1 aromatic carbocycles. The van der Waals surface area contributed by atoms with E-state index in [1.54, 1.807) is 12.3 Å². The molecule has 0 bridgehead atoms. The Bertz CT molecular complexity index is 752. The zero-order valence-corrected chi connectivity index (χ0v) is 14.4. The lowest BCUT2D eigenvalue weighted by Crippen LogP contribution is -2.17. The van der Waals surface area contributed by atoms with E-state index < -0.39 is 0 Å². The van der Waals surface area contributed by atoms with E-state index in [1.165, 1.54) is 12.7 Å². The van der Waals surface area contributed by atoms with Crippen LogP contribution in [0.25, 0.3) is 11.3 Å². The number of carbonyl (C=O) groups is 1. The van der Waals surface area contributed by atoms with Gasteiger partial charge in [-0.3, -0.25) is 9.78 Å². The number of rotatable bonds is 4. The van der Waals surface area contributed by atoms with Gasteiger partial charge in [0.05, 0.1) is 18.4 Å². The first-order valence-electron chi connectivity index (χ1n) is 8.73. The predicted octanol–water partition coefficient (Wildman–Crippen LogP) is 4.46. The number of benzene rings is 1. The van der Waals surface area contributed by atoms with Gasteiger partial charge in [-0.2, -0.15) is 5.26 Å². The third-order valence-electron chi connectivity index (χ3n) is 5.10. The maximum atomic E-state index is 11.4. The predicted molar refractivity (Wildman–Crippen MR) is 95.7 cm³/mol. The van der Waals surface area contributed by atoms with E-state index in [0.717, 1.165) is 36.9 Å². The minimum atomic E-state index is -0.0947. The van der Waals surface area contributed by atoms with Crippen LogP contribution >= 0.6 is 0 Å². The van der Waals surface area contributed by atoms with Gasteiger partial charge in [-0.1, -0.05) is 24.3 Å². The molecular weight excluding hydrogens is 312 g/mol. The van der Waals surface area contributed by atoms with Crippen molar-refractivity contribution in [2.45, 2.75) is 38.0 Å². The van der Waals surface area contributed by atoms with Crippen LogP contribution in [-0.2, 0) is 9.53 Å². The van der Waals surface area contributed by atoms with Gasteiger partial charge in [-0.25, -0.2) is 0 Å². The second-order valence-corrected chi connectivity index (χ2v) is 6.66. The molecule has 0 amide bonds. The molecule has 0 atom stereocenters. The highest BCUT2D eigenvalue weighted by molar-refractivity contribution is 5.69. The third-order valence-corrected chi connectivity index (χ3v) is 5.10. The second-order valence-electron chi connectivity index (χ2n) is 6.66. The number of pyridine rings is 1. The second kappa shape index (κ2) is 7.94. The van der Waals surface area contributed by atoms with Crippen molar-refractivity contribution in [3.8, 4) is 17.3 Å². The van der Waals surface area contributed by atoms with Crippen LogP contribution in [0.4, 0.5) is 0 Å². The first kappa shape index (κ1) is 17.2. The standard InChI is InChI=1S/C21H22N2O2/c1-25-21(24)12-15-2-5-17(6-3-15)18-7-9-19(10-8-18)20-11-4-16(13-22)14-23-20/h4,7-11,14-15,17H,2-3,5-6,12H2,1H3. The zero-order valence-electron chi connectivity index (χ0n) is 14.4. The summed E-state index contributed by atoms with van der Waals surface area (Å²) in [6, 6.07) is 14.3. The normalized spacial score (nSPS) is 19.8. The van der Waals surface area contributed by atoms with Crippen LogP contribution in [0.3, 0.4) is 0 Å². The molecule has 0 unspecified atom stereocenters. The van der Waals surface area contributed by atoms with Crippen LogP contribution in [0.2, 0.25) is 0 Å². The quantitative estimate of drug-likeness (QED) is 0.775. The van der Waals surface area contributed by atoms with E-state index in [-0.39, 0.29) is 5.97 Å². The fourth-order valence-corrected chi connectivity index (χ4v) is 3.58. The molecule has 2 aromatic rings. The van der Waals surface area contributed by atoms with Gasteiger partial charge in [0.1, 0.15) is 6.07 Å². The minimum Gasteiger partial charge on any atom is -0.469 e. The molecular formula is C21H22N2O2. The van der Waals surface area contributed by atoms with Crippen LogP contribution in [-0.4, -0.2) is 18.1 Å². The van der Waals surface area contributed by atoms with Crippen molar-refractivity contribution in [2.24, 2.45) is 5.92 Å². The summed E-state index contributed by atoms with van der Waals surface area (Å²) < 4.78 is 4.77. The first-order chi connectivity index (χ1) is 12.2. The van der Waals surface area contributed by atoms with Crippen LogP contribution in [0.15, 0.2) is 42.6 Å². The fraction of sp³-hybridized carbons (Fsp3) is 0.381. The van der Waals surface area contributed by atoms with Crippen molar-refractivity contribution in [1.82, 2.24) is 4.98 Å². The molecule has 4 nitrogen and oxygen atoms in total. The molecule has 1 aliphatic carbocycles. The van der Waals surface area contributed by atoms with Crippen molar-refractivity contribution in [3.05, 3.63) is 53.7 Å². The van der Waals surface area contributed by atoms with Gasteiger partial charge in [0.2, 0.25) is 0 Å². The van der Waals surface area contributed by atoms with E-state index in [4.69, 9.17) is 10.00 Å². The number of carbonyl (C=O) groups excluding carboxylic acids is 1. The van der Waals surface area contributed by atoms with Crippen LogP contribution in [0.1, 0.15) is 49.1 Å². The number of hydrogen-bond acceptors (Lipinski definition) is 4. The Balaban J connectivity index is 1.61. The number of nitrogens with zero attached hydrogens (tertiary/aromatic N) is 2. The molecule has 0 N–H and O–H groups in total. The summed E-state index contributed by atoms with van der Waals surface area (Å²) in [7, 11) is 1.46. The Morgan fingerprint density at radius 3 is 2.44 bits per heavy atom. The van der Waals surface area contributed by atoms with Gasteiger partial charge in [0, 0.05) is 18.2 Å². The summed E-state index contributed by atoms with van der Waals surface area (Å²) in [6.45, 7) is 0. The maximum absolute atomic E-state index is 11.4. The number of ether oxygens (including phenoxy) is 1. The molecule has 25 heavy (non-hydrogen) atoms. The maximum Gasteiger partial charge on any atom is 0.305 e. The smallest absolute Gasteiger partial charge is 0.305 e. The average molecular weight is 334 g/mol. The lowest BCUT2D eigenvalue weighted by molar-refractivity contribution is -0.142. The summed E-state index contributed by atoms with van der Waals surface area (Å²) in [5, 5.41) is 8.84. The molecule has 0 aliphatic heterocycles. The monoisotopic (exact) mass is 334 g/mol. The Hall–Kier alpha value is -2.67. The van der Waals surface area contributed by atoms with Crippen molar-refractivity contribution in [3.63, 3.8) is 0 Å². The molecule has 4 heteroatoms. The highest BCUT2D eigenvalue weighted by atomic mass is 16.5. The van der Waals surface area contributed by atoms with Gasteiger partial charge in [-0.15, -0.1) is 0 Å². The molecule has 1 fully saturated rings. The van der Waals surface area contributed by atoms with Crippen molar-refractivity contribution >= 4 is 5.97 Å². The molecule has 1 aromatic heterocycles. The lowest BCUT2D eigenvalue weighted by atomic mass is 9.77. The van der Waals surface area contributed by atoms with E-state index in [2.05, 4.69) is 35.3 Å². The number of nitriles is 1. The van der Waals surface area contributed by atoms with Gasteiger partial charge in [0.15, 0.2) is 0 Å². The SMILES string of the molecule is COC(=O)CC1CCC(c2ccc(-c3ccc(C#N)cn3)cc2)CC1. The number of esters is 1. The summed E-state index contributed by atoms with van der Waals surface area (Å²) in [4.78, 5) is 15.7. The topological polar surface area (TPSA) is 63.0 Å². The van der Waals surface area contributed by atoms with E-state index in [9.17, 15) is 4.79 Å². The fourth-order valence-electron chi connectivity index (χ4n) is 3.58. The molecule has 1 saturated carbocycles. The molecule has 0 radical (unpaired) electrons. The van der Waals surface area contributed by atoms with Crippen molar-refractivity contribution < 1.29 is 9.53 Å². The Kier molecular flexibility index (Phi) is 5.45.